The van der Waals surface area contributed by atoms with E-state index in [0.717, 1.165) is 11.1 Å². The van der Waals surface area contributed by atoms with Crippen LogP contribution >= 0.6 is 11.6 Å². The third kappa shape index (κ3) is 6.15. The monoisotopic (exact) mass is 415 g/mol. The van der Waals surface area contributed by atoms with Crippen molar-refractivity contribution in [1.29, 1.82) is 0 Å². The van der Waals surface area contributed by atoms with Gasteiger partial charge in [0.05, 0.1) is 17.3 Å². The van der Waals surface area contributed by atoms with Crippen molar-refractivity contribution in [1.82, 2.24) is 15.5 Å². The number of ether oxygens (including phenoxy) is 2. The molecule has 0 atom stereocenters. The first-order valence-electron chi connectivity index (χ1n) is 8.89. The van der Waals surface area contributed by atoms with Gasteiger partial charge in [-0.25, -0.2) is 4.39 Å². The van der Waals surface area contributed by atoms with Gasteiger partial charge in [0, 0.05) is 11.6 Å². The first-order valence-corrected chi connectivity index (χ1v) is 9.27. The third-order valence-electron chi connectivity index (χ3n) is 3.90. The molecule has 0 fully saturated rings. The molecule has 1 aromatic heterocycles. The SMILES string of the molecule is Cc1ccc(Cl)c(OCC(=O)NCCOc2ccc(-c3ccc(F)cc3)nn2)c1. The fourth-order valence-corrected chi connectivity index (χ4v) is 2.61. The first kappa shape index (κ1) is 20.5. The van der Waals surface area contributed by atoms with E-state index in [1.54, 1.807) is 36.4 Å². The van der Waals surface area contributed by atoms with E-state index in [2.05, 4.69) is 15.5 Å². The van der Waals surface area contributed by atoms with E-state index in [9.17, 15) is 9.18 Å². The van der Waals surface area contributed by atoms with E-state index in [-0.39, 0.29) is 31.5 Å². The molecule has 8 heteroatoms. The van der Waals surface area contributed by atoms with Crippen molar-refractivity contribution in [3.8, 4) is 22.9 Å². The molecule has 0 bridgehead atoms. The van der Waals surface area contributed by atoms with Crippen molar-refractivity contribution in [2.45, 2.75) is 6.92 Å². The number of amides is 1. The average Bonchev–Trinajstić information content (AvgIpc) is 2.73. The molecular weight excluding hydrogens is 397 g/mol. The minimum atomic E-state index is -0.309. The van der Waals surface area contributed by atoms with Gasteiger partial charge < -0.3 is 14.8 Å². The normalized spacial score (nSPS) is 10.4. The Morgan fingerprint density at radius 2 is 1.86 bits per heavy atom. The van der Waals surface area contributed by atoms with E-state index in [4.69, 9.17) is 21.1 Å². The summed E-state index contributed by atoms with van der Waals surface area (Å²) in [6.07, 6.45) is 0. The van der Waals surface area contributed by atoms with Crippen LogP contribution in [0.25, 0.3) is 11.3 Å². The maximum atomic E-state index is 13.0. The molecule has 0 saturated carbocycles. The Kier molecular flexibility index (Phi) is 6.97. The number of nitrogens with zero attached hydrogens (tertiary/aromatic N) is 2. The Morgan fingerprint density at radius 1 is 1.07 bits per heavy atom. The van der Waals surface area contributed by atoms with Crippen molar-refractivity contribution in [3.63, 3.8) is 0 Å². The average molecular weight is 416 g/mol. The molecule has 0 spiro atoms. The Bertz CT molecular complexity index is 966. The van der Waals surface area contributed by atoms with Crippen LogP contribution in [0, 0.1) is 12.7 Å². The minimum absolute atomic E-state index is 0.144. The largest absolute Gasteiger partial charge is 0.482 e. The number of aryl methyl sites for hydroxylation is 1. The van der Waals surface area contributed by atoms with Crippen molar-refractivity contribution in [2.24, 2.45) is 0 Å². The number of halogens is 2. The quantitative estimate of drug-likeness (QED) is 0.566. The van der Waals surface area contributed by atoms with Gasteiger partial charge in [0.1, 0.15) is 18.2 Å². The van der Waals surface area contributed by atoms with Gasteiger partial charge in [-0.15, -0.1) is 10.2 Å². The highest BCUT2D eigenvalue weighted by Crippen LogP contribution is 2.25. The highest BCUT2D eigenvalue weighted by molar-refractivity contribution is 6.32. The molecule has 0 aliphatic rings. The molecule has 6 nitrogen and oxygen atoms in total. The summed E-state index contributed by atoms with van der Waals surface area (Å²) in [4.78, 5) is 11.9. The van der Waals surface area contributed by atoms with Gasteiger partial charge in [0.2, 0.25) is 5.88 Å². The van der Waals surface area contributed by atoms with E-state index in [1.807, 2.05) is 13.0 Å². The number of aromatic nitrogens is 2. The van der Waals surface area contributed by atoms with Gasteiger partial charge in [-0.1, -0.05) is 17.7 Å². The molecule has 150 valence electrons. The smallest absolute Gasteiger partial charge is 0.258 e. The zero-order chi connectivity index (χ0) is 20.6. The number of hydrogen-bond donors (Lipinski definition) is 1. The Balaban J connectivity index is 1.39. The number of nitrogens with one attached hydrogen (secondary N) is 1. The number of hydrogen-bond acceptors (Lipinski definition) is 5. The maximum Gasteiger partial charge on any atom is 0.258 e. The predicted octanol–water partition coefficient (Wildman–Crippen LogP) is 3.82. The summed E-state index contributed by atoms with van der Waals surface area (Å²) in [5, 5.41) is 11.2. The van der Waals surface area contributed by atoms with Crippen LogP contribution in [-0.4, -0.2) is 35.9 Å². The molecule has 3 rings (SSSR count). The number of rotatable bonds is 8. The van der Waals surface area contributed by atoms with Gasteiger partial charge in [-0.05, 0) is 55.0 Å². The topological polar surface area (TPSA) is 73.3 Å². The third-order valence-corrected chi connectivity index (χ3v) is 4.21. The van der Waals surface area contributed by atoms with E-state index < -0.39 is 0 Å². The molecule has 1 heterocycles. The molecule has 0 aliphatic carbocycles. The summed E-state index contributed by atoms with van der Waals surface area (Å²) < 4.78 is 23.8. The standard InChI is InChI=1S/C21H19ClFN3O3/c1-14-2-7-17(22)19(12-14)29-13-20(27)24-10-11-28-21-9-8-18(25-26-21)15-3-5-16(23)6-4-15/h2-9,12H,10-11,13H2,1H3,(H,24,27). The highest BCUT2D eigenvalue weighted by Gasteiger charge is 2.07. The van der Waals surface area contributed by atoms with E-state index in [0.29, 0.717) is 22.3 Å². The molecule has 0 unspecified atom stereocenters. The lowest BCUT2D eigenvalue weighted by Crippen LogP contribution is -2.32. The Labute approximate surface area is 172 Å². The second-order valence-corrected chi connectivity index (χ2v) is 6.59. The van der Waals surface area contributed by atoms with E-state index in [1.165, 1.54) is 12.1 Å². The van der Waals surface area contributed by atoms with Gasteiger partial charge in [0.15, 0.2) is 6.61 Å². The van der Waals surface area contributed by atoms with Crippen molar-refractivity contribution in [3.05, 3.63) is 71.0 Å². The molecule has 2 aromatic carbocycles. The fraction of sp³-hybridized carbons (Fsp3) is 0.190. The van der Waals surface area contributed by atoms with Gasteiger partial charge in [-0.2, -0.15) is 0 Å². The molecule has 0 saturated heterocycles. The lowest BCUT2D eigenvalue weighted by atomic mass is 10.1. The minimum Gasteiger partial charge on any atom is -0.482 e. The predicted molar refractivity (Wildman–Crippen MR) is 108 cm³/mol. The highest BCUT2D eigenvalue weighted by atomic mass is 35.5. The molecule has 0 aliphatic heterocycles. The maximum absolute atomic E-state index is 13.0. The summed E-state index contributed by atoms with van der Waals surface area (Å²) in [5.41, 5.74) is 2.36. The summed E-state index contributed by atoms with van der Waals surface area (Å²) in [6, 6.07) is 14.7. The fourth-order valence-electron chi connectivity index (χ4n) is 2.43. The van der Waals surface area contributed by atoms with Crippen LogP contribution in [-0.2, 0) is 4.79 Å². The van der Waals surface area contributed by atoms with Crippen LogP contribution in [0.5, 0.6) is 11.6 Å². The van der Waals surface area contributed by atoms with Crippen LogP contribution < -0.4 is 14.8 Å². The molecule has 29 heavy (non-hydrogen) atoms. The Morgan fingerprint density at radius 3 is 2.59 bits per heavy atom. The second kappa shape index (κ2) is 9.84. The molecule has 3 aromatic rings. The zero-order valence-corrected chi connectivity index (χ0v) is 16.4. The summed E-state index contributed by atoms with van der Waals surface area (Å²) in [6.45, 7) is 2.28. The summed E-state index contributed by atoms with van der Waals surface area (Å²) >= 11 is 6.03. The second-order valence-electron chi connectivity index (χ2n) is 6.18. The summed E-state index contributed by atoms with van der Waals surface area (Å²) in [5.74, 6) is 0.197. The van der Waals surface area contributed by atoms with Gasteiger partial charge >= 0.3 is 0 Å². The van der Waals surface area contributed by atoms with Crippen LogP contribution in [0.3, 0.4) is 0 Å². The Hall–Kier alpha value is -3.19. The van der Waals surface area contributed by atoms with Gasteiger partial charge in [0.25, 0.3) is 5.91 Å². The van der Waals surface area contributed by atoms with Crippen molar-refractivity contribution < 1.29 is 18.7 Å². The number of carbonyl (C=O) groups excluding carboxylic acids is 1. The number of carbonyl (C=O) groups is 1. The molecule has 1 N–H and O–H groups in total. The van der Waals surface area contributed by atoms with E-state index >= 15 is 0 Å². The zero-order valence-electron chi connectivity index (χ0n) is 15.7. The lowest BCUT2D eigenvalue weighted by Gasteiger charge is -2.10. The van der Waals surface area contributed by atoms with Crippen LogP contribution in [0.15, 0.2) is 54.6 Å². The molecular formula is C21H19ClFN3O3. The summed E-state index contributed by atoms with van der Waals surface area (Å²) in [7, 11) is 0. The van der Waals surface area contributed by atoms with Crippen molar-refractivity contribution in [2.75, 3.05) is 19.8 Å². The van der Waals surface area contributed by atoms with Crippen LogP contribution in [0.1, 0.15) is 5.56 Å². The van der Waals surface area contributed by atoms with Gasteiger partial charge in [-0.3, -0.25) is 4.79 Å². The van der Waals surface area contributed by atoms with Crippen molar-refractivity contribution >= 4 is 17.5 Å². The number of benzene rings is 2. The first-order chi connectivity index (χ1) is 14.0. The van der Waals surface area contributed by atoms with Crippen LogP contribution in [0.4, 0.5) is 4.39 Å². The van der Waals surface area contributed by atoms with Crippen LogP contribution in [0.2, 0.25) is 5.02 Å². The molecule has 0 radical (unpaired) electrons. The lowest BCUT2D eigenvalue weighted by molar-refractivity contribution is -0.123. The molecule has 1 amide bonds.